The van der Waals surface area contributed by atoms with Crippen LogP contribution in [0, 0.1) is 0 Å². The topological polar surface area (TPSA) is 79.7 Å². The summed E-state index contributed by atoms with van der Waals surface area (Å²) in [4.78, 5) is 32.3. The lowest BCUT2D eigenvalue weighted by Crippen LogP contribution is -2.29. The summed E-state index contributed by atoms with van der Waals surface area (Å²) >= 11 is 12.4. The Morgan fingerprint density at radius 2 is 1.79 bits per heavy atom. The van der Waals surface area contributed by atoms with E-state index in [2.05, 4.69) is 18.8 Å². The highest BCUT2D eigenvalue weighted by molar-refractivity contribution is 6.51. The lowest BCUT2D eigenvalue weighted by molar-refractivity contribution is -0.132. The lowest BCUT2D eigenvalue weighted by atomic mass is 9.97. The van der Waals surface area contributed by atoms with Crippen LogP contribution in [0.4, 0.5) is 5.69 Å². The summed E-state index contributed by atoms with van der Waals surface area (Å²) in [5, 5.41) is 11.7. The molecule has 0 spiro atoms. The van der Waals surface area contributed by atoms with Gasteiger partial charge in [-0.3, -0.25) is 19.5 Å². The van der Waals surface area contributed by atoms with Gasteiger partial charge < -0.3 is 9.84 Å². The van der Waals surface area contributed by atoms with E-state index in [0.717, 1.165) is 5.56 Å². The smallest absolute Gasteiger partial charge is 0.300 e. The van der Waals surface area contributed by atoms with Crippen LogP contribution >= 0.6 is 23.2 Å². The SMILES string of the molecule is COc1c(Cl)cc(Cl)cc1/C(O)=C1\C(=O)C(=O)N(c2ccc(C(C)C)cc2)C1c1ccccn1. The van der Waals surface area contributed by atoms with Crippen LogP contribution in [0.5, 0.6) is 5.75 Å². The van der Waals surface area contributed by atoms with Gasteiger partial charge >= 0.3 is 0 Å². The first-order valence-corrected chi connectivity index (χ1v) is 11.4. The number of benzene rings is 2. The molecule has 0 aliphatic carbocycles. The minimum atomic E-state index is -0.964. The molecule has 8 heteroatoms. The van der Waals surface area contributed by atoms with E-state index in [1.54, 1.807) is 36.5 Å². The van der Waals surface area contributed by atoms with Gasteiger partial charge in [0.25, 0.3) is 11.7 Å². The molecule has 1 aromatic heterocycles. The van der Waals surface area contributed by atoms with E-state index in [1.807, 2.05) is 12.1 Å². The molecule has 6 nitrogen and oxygen atoms in total. The average Bonchev–Trinajstić information content (AvgIpc) is 3.09. The van der Waals surface area contributed by atoms with Gasteiger partial charge in [0, 0.05) is 16.9 Å². The third kappa shape index (κ3) is 4.15. The summed E-state index contributed by atoms with van der Waals surface area (Å²) in [6.07, 6.45) is 1.56. The molecule has 4 rings (SSSR count). The lowest BCUT2D eigenvalue weighted by Gasteiger charge is -2.25. The van der Waals surface area contributed by atoms with Crippen LogP contribution in [-0.4, -0.2) is 28.9 Å². The highest BCUT2D eigenvalue weighted by Crippen LogP contribution is 2.44. The first kappa shape index (κ1) is 23.8. The zero-order valence-electron chi connectivity index (χ0n) is 18.8. The number of Topliss-reactive ketones (excluding diaryl/α,β-unsaturated/α-hetero) is 1. The fourth-order valence-electron chi connectivity index (χ4n) is 4.02. The first-order chi connectivity index (χ1) is 16.2. The van der Waals surface area contributed by atoms with Gasteiger partial charge in [0.15, 0.2) is 0 Å². The number of aliphatic hydroxyl groups excluding tert-OH is 1. The summed E-state index contributed by atoms with van der Waals surface area (Å²) < 4.78 is 5.35. The molecule has 1 saturated heterocycles. The number of hydrogen-bond acceptors (Lipinski definition) is 5. The Hall–Kier alpha value is -3.35. The maximum absolute atomic E-state index is 13.3. The molecule has 1 atom stereocenters. The molecule has 2 heterocycles. The molecule has 1 fully saturated rings. The van der Waals surface area contributed by atoms with Gasteiger partial charge in [-0.2, -0.15) is 0 Å². The van der Waals surface area contributed by atoms with Crippen LogP contribution in [0.1, 0.15) is 42.6 Å². The molecule has 1 aliphatic rings. The summed E-state index contributed by atoms with van der Waals surface area (Å²) in [6.45, 7) is 4.14. The van der Waals surface area contributed by atoms with E-state index >= 15 is 0 Å². The van der Waals surface area contributed by atoms with Crippen molar-refractivity contribution in [3.8, 4) is 5.75 Å². The van der Waals surface area contributed by atoms with Crippen LogP contribution in [0.25, 0.3) is 5.76 Å². The van der Waals surface area contributed by atoms with E-state index in [-0.39, 0.29) is 26.9 Å². The standard InChI is InChI=1S/C26H22Cl2N2O4/c1-14(2)15-7-9-17(10-8-15)30-22(20-6-4-5-11-29-20)21(24(32)26(30)33)23(31)18-12-16(27)13-19(28)25(18)34-3/h4-14,22,31H,1-3H3/b23-21+. The van der Waals surface area contributed by atoms with Crippen molar-refractivity contribution in [1.29, 1.82) is 0 Å². The number of nitrogens with zero attached hydrogens (tertiary/aromatic N) is 2. The van der Waals surface area contributed by atoms with Crippen molar-refractivity contribution in [2.45, 2.75) is 25.8 Å². The van der Waals surface area contributed by atoms with Crippen molar-refractivity contribution in [1.82, 2.24) is 4.98 Å². The molecule has 0 radical (unpaired) electrons. The van der Waals surface area contributed by atoms with Gasteiger partial charge in [0.05, 0.1) is 29.0 Å². The molecule has 2 aromatic carbocycles. The second kappa shape index (κ2) is 9.49. The maximum Gasteiger partial charge on any atom is 0.300 e. The van der Waals surface area contributed by atoms with Crippen molar-refractivity contribution in [2.24, 2.45) is 0 Å². The normalized spacial score (nSPS) is 17.5. The van der Waals surface area contributed by atoms with E-state index in [9.17, 15) is 14.7 Å². The van der Waals surface area contributed by atoms with Crippen molar-refractivity contribution < 1.29 is 19.4 Å². The maximum atomic E-state index is 13.3. The molecule has 1 amide bonds. The van der Waals surface area contributed by atoms with Crippen LogP contribution in [0.2, 0.25) is 10.0 Å². The number of aliphatic hydroxyl groups is 1. The van der Waals surface area contributed by atoms with E-state index < -0.39 is 23.5 Å². The number of pyridine rings is 1. The number of carbonyl (C=O) groups is 2. The number of anilines is 1. The number of halogens is 2. The van der Waals surface area contributed by atoms with Crippen LogP contribution in [-0.2, 0) is 9.59 Å². The van der Waals surface area contributed by atoms with Gasteiger partial charge in [-0.05, 0) is 47.9 Å². The number of carbonyl (C=O) groups excluding carboxylic acids is 2. The largest absolute Gasteiger partial charge is 0.507 e. The molecule has 1 aliphatic heterocycles. The van der Waals surface area contributed by atoms with E-state index in [1.165, 1.54) is 24.1 Å². The number of ether oxygens (including phenoxy) is 1. The monoisotopic (exact) mass is 496 g/mol. The average molecular weight is 497 g/mol. The molecule has 34 heavy (non-hydrogen) atoms. The van der Waals surface area contributed by atoms with E-state index in [4.69, 9.17) is 27.9 Å². The molecule has 3 aromatic rings. The summed E-state index contributed by atoms with van der Waals surface area (Å²) in [6, 6.07) is 14.5. The van der Waals surface area contributed by atoms with E-state index in [0.29, 0.717) is 17.3 Å². The summed E-state index contributed by atoms with van der Waals surface area (Å²) in [7, 11) is 1.39. The Balaban J connectivity index is 1.96. The van der Waals surface area contributed by atoms with Crippen molar-refractivity contribution in [3.63, 3.8) is 0 Å². The van der Waals surface area contributed by atoms with Crippen molar-refractivity contribution >= 4 is 46.3 Å². The Morgan fingerprint density at radius 1 is 1.09 bits per heavy atom. The van der Waals surface area contributed by atoms with Crippen molar-refractivity contribution in [2.75, 3.05) is 12.0 Å². The molecule has 1 unspecified atom stereocenters. The van der Waals surface area contributed by atoms with Gasteiger partial charge in [-0.15, -0.1) is 0 Å². The quantitative estimate of drug-likeness (QED) is 0.260. The van der Waals surface area contributed by atoms with Gasteiger partial charge in [0.1, 0.15) is 17.6 Å². The zero-order valence-corrected chi connectivity index (χ0v) is 20.3. The highest BCUT2D eigenvalue weighted by atomic mass is 35.5. The predicted octanol–water partition coefficient (Wildman–Crippen LogP) is 6.15. The Kier molecular flexibility index (Phi) is 6.64. The number of methoxy groups -OCH3 is 1. The molecule has 1 N–H and O–H groups in total. The number of amides is 1. The molecule has 0 bridgehead atoms. The summed E-state index contributed by atoms with van der Waals surface area (Å²) in [5.74, 6) is -1.63. The Morgan fingerprint density at radius 3 is 2.38 bits per heavy atom. The third-order valence-corrected chi connectivity index (χ3v) is 6.22. The number of ketones is 1. The second-order valence-electron chi connectivity index (χ2n) is 8.14. The molecule has 0 saturated carbocycles. The zero-order chi connectivity index (χ0) is 24.6. The minimum Gasteiger partial charge on any atom is -0.507 e. The Bertz CT molecular complexity index is 1290. The third-order valence-electron chi connectivity index (χ3n) is 5.72. The number of rotatable bonds is 5. The van der Waals surface area contributed by atoms with Gasteiger partial charge in [-0.25, -0.2) is 0 Å². The van der Waals surface area contributed by atoms with Crippen molar-refractivity contribution in [3.05, 3.63) is 93.2 Å². The molecular formula is C26H22Cl2N2O4. The van der Waals surface area contributed by atoms with Gasteiger partial charge in [-0.1, -0.05) is 55.2 Å². The molecule has 174 valence electrons. The predicted molar refractivity (Wildman–Crippen MR) is 133 cm³/mol. The Labute approximate surface area is 207 Å². The molecular weight excluding hydrogens is 475 g/mol. The second-order valence-corrected chi connectivity index (χ2v) is 8.98. The van der Waals surface area contributed by atoms with Crippen LogP contribution < -0.4 is 9.64 Å². The fourth-order valence-corrected chi connectivity index (χ4v) is 4.60. The minimum absolute atomic E-state index is 0.106. The highest BCUT2D eigenvalue weighted by Gasteiger charge is 2.48. The first-order valence-electron chi connectivity index (χ1n) is 10.6. The number of hydrogen-bond donors (Lipinski definition) is 1. The summed E-state index contributed by atoms with van der Waals surface area (Å²) in [5.41, 5.74) is 2.00. The van der Waals surface area contributed by atoms with Crippen LogP contribution in [0.3, 0.4) is 0 Å². The van der Waals surface area contributed by atoms with Crippen LogP contribution in [0.15, 0.2) is 66.4 Å². The van der Waals surface area contributed by atoms with Gasteiger partial charge in [0.2, 0.25) is 0 Å². The number of aromatic nitrogens is 1. The fraction of sp³-hybridized carbons (Fsp3) is 0.192.